The van der Waals surface area contributed by atoms with Crippen LogP contribution in [-0.4, -0.2) is 59.4 Å². The molecule has 0 radical (unpaired) electrons. The number of hydrogen-bond acceptors (Lipinski definition) is 9. The number of carbonyl (C=O) groups excluding carboxylic acids is 3. The summed E-state index contributed by atoms with van der Waals surface area (Å²) >= 11 is 2.60. The van der Waals surface area contributed by atoms with Crippen LogP contribution in [0.4, 0.5) is 0 Å². The van der Waals surface area contributed by atoms with Crippen LogP contribution in [0.3, 0.4) is 0 Å². The fourth-order valence-electron chi connectivity index (χ4n) is 2.79. The predicted octanol–water partition coefficient (Wildman–Crippen LogP) is -2.99. The van der Waals surface area contributed by atoms with Gasteiger partial charge in [-0.15, -0.1) is 23.1 Å². The van der Waals surface area contributed by atoms with Crippen LogP contribution >= 0.6 is 23.1 Å². The van der Waals surface area contributed by atoms with Gasteiger partial charge in [-0.1, -0.05) is 6.07 Å². The van der Waals surface area contributed by atoms with Crippen LogP contribution in [0.25, 0.3) is 0 Å². The van der Waals surface area contributed by atoms with Gasteiger partial charge in [-0.05, 0) is 11.4 Å². The Kier molecular flexibility index (Phi) is 7.76. The zero-order chi connectivity index (χ0) is 19.8. The Morgan fingerprint density at radius 3 is 2.71 bits per heavy atom. The molecule has 1 fully saturated rings. The molecule has 0 bridgehead atoms. The number of ether oxygens (including phenoxy) is 1. The molecular weight excluding hydrogens is 439 g/mol. The summed E-state index contributed by atoms with van der Waals surface area (Å²) in [4.78, 5) is 37.2. The van der Waals surface area contributed by atoms with Gasteiger partial charge in [0.25, 0.3) is 5.91 Å². The standard InChI is InChI=1S/C15H16N2O7S3.Na/c1-8(18)24-6-9-7-26-14-12(13(20)17(14)15(9)27(21,22)23)16-11(19)5-10-3-2-4-25-10;/h2-4,12,14H,5-7H2,1H3,(H,16,19)(H,21,22,23);/q;+1/p-1/t12?,14-;/m0./s1. The number of hydrogen-bond donors (Lipinski definition) is 1. The molecule has 0 saturated carbocycles. The summed E-state index contributed by atoms with van der Waals surface area (Å²) in [6.45, 7) is 0.768. The van der Waals surface area contributed by atoms with Gasteiger partial charge in [0.2, 0.25) is 5.91 Å². The second-order valence-corrected chi connectivity index (χ2v) is 9.29. The van der Waals surface area contributed by atoms with Crippen molar-refractivity contribution in [1.29, 1.82) is 0 Å². The van der Waals surface area contributed by atoms with E-state index in [0.717, 1.165) is 16.7 Å². The molecule has 3 heterocycles. The molecule has 2 amide bonds. The van der Waals surface area contributed by atoms with E-state index in [2.05, 4.69) is 5.32 Å². The van der Waals surface area contributed by atoms with Gasteiger partial charge in [-0.25, -0.2) is 8.42 Å². The minimum absolute atomic E-state index is 0. The van der Waals surface area contributed by atoms with Crippen molar-refractivity contribution in [2.45, 2.75) is 24.8 Å². The molecule has 9 nitrogen and oxygen atoms in total. The molecule has 1 aromatic heterocycles. The van der Waals surface area contributed by atoms with E-state index >= 15 is 0 Å². The Labute approximate surface area is 191 Å². The molecule has 13 heteroatoms. The molecule has 2 atom stereocenters. The van der Waals surface area contributed by atoms with Crippen LogP contribution < -0.4 is 34.9 Å². The van der Waals surface area contributed by atoms with Gasteiger partial charge in [0, 0.05) is 23.1 Å². The Bertz CT molecular complexity index is 914. The number of esters is 1. The van der Waals surface area contributed by atoms with E-state index in [4.69, 9.17) is 4.74 Å². The van der Waals surface area contributed by atoms with E-state index in [9.17, 15) is 27.4 Å². The maximum Gasteiger partial charge on any atom is 1.00 e. The molecule has 146 valence electrons. The molecule has 0 aromatic carbocycles. The van der Waals surface area contributed by atoms with Gasteiger partial charge < -0.3 is 14.6 Å². The van der Waals surface area contributed by atoms with Crippen molar-refractivity contribution in [1.82, 2.24) is 10.2 Å². The quantitative estimate of drug-likeness (QED) is 0.208. The largest absolute Gasteiger partial charge is 1.00 e. The topological polar surface area (TPSA) is 133 Å². The van der Waals surface area contributed by atoms with Crippen molar-refractivity contribution in [3.05, 3.63) is 33.0 Å². The summed E-state index contributed by atoms with van der Waals surface area (Å²) in [5.41, 5.74) is 0.0539. The molecule has 1 aromatic rings. The zero-order valence-electron chi connectivity index (χ0n) is 15.0. The van der Waals surface area contributed by atoms with Gasteiger partial charge in [0.1, 0.15) is 33.2 Å². The Morgan fingerprint density at radius 1 is 1.43 bits per heavy atom. The molecule has 3 rings (SSSR count). The first kappa shape index (κ1) is 23.4. The van der Waals surface area contributed by atoms with Crippen LogP contribution in [0.1, 0.15) is 11.8 Å². The van der Waals surface area contributed by atoms with Crippen molar-refractivity contribution in [2.75, 3.05) is 12.4 Å². The Morgan fingerprint density at radius 2 is 2.14 bits per heavy atom. The van der Waals surface area contributed by atoms with Gasteiger partial charge in [-0.3, -0.25) is 19.3 Å². The Hall–Kier alpha value is -0.890. The van der Waals surface area contributed by atoms with Crippen LogP contribution in [-0.2, 0) is 35.7 Å². The maximum atomic E-state index is 12.4. The molecule has 1 N–H and O–H groups in total. The molecule has 0 spiro atoms. The summed E-state index contributed by atoms with van der Waals surface area (Å²) < 4.78 is 39.8. The van der Waals surface area contributed by atoms with Crippen molar-refractivity contribution in [2.24, 2.45) is 0 Å². The second-order valence-electron chi connectivity index (χ2n) is 5.85. The molecular formula is C15H15N2NaO7S3. The number of thioether (sulfide) groups is 1. The van der Waals surface area contributed by atoms with Gasteiger partial charge in [0.05, 0.1) is 6.42 Å². The fourth-order valence-corrected chi connectivity index (χ4v) is 5.90. The van der Waals surface area contributed by atoms with Crippen molar-refractivity contribution >= 4 is 51.0 Å². The Balaban J connectivity index is 0.00000280. The van der Waals surface area contributed by atoms with Crippen LogP contribution in [0.2, 0.25) is 0 Å². The van der Waals surface area contributed by atoms with E-state index < -0.39 is 38.4 Å². The number of thiophene rings is 1. The fraction of sp³-hybridized carbons (Fsp3) is 0.400. The third-order valence-electron chi connectivity index (χ3n) is 3.91. The number of amides is 2. The summed E-state index contributed by atoms with van der Waals surface area (Å²) in [7, 11) is -4.96. The second kappa shape index (κ2) is 9.28. The molecule has 1 saturated heterocycles. The third kappa shape index (κ3) is 4.99. The number of β-lactam (4-membered cyclic amide) rings is 1. The minimum Gasteiger partial charge on any atom is -0.743 e. The third-order valence-corrected chi connectivity index (χ3v) is 7.09. The van der Waals surface area contributed by atoms with E-state index in [0.29, 0.717) is 0 Å². The SMILES string of the molecule is CC(=O)OCC1=C(S(=O)(=O)[O-])N2C(=O)C(NC(=O)Cc3cccs3)[C@@H]2SC1.[Na+]. The molecule has 28 heavy (non-hydrogen) atoms. The van der Waals surface area contributed by atoms with Gasteiger partial charge in [-0.2, -0.15) is 0 Å². The van der Waals surface area contributed by atoms with Crippen molar-refractivity contribution in [3.8, 4) is 0 Å². The van der Waals surface area contributed by atoms with Crippen LogP contribution in [0.5, 0.6) is 0 Å². The number of nitrogens with one attached hydrogen (secondary N) is 1. The predicted molar refractivity (Wildman–Crippen MR) is 96.4 cm³/mol. The van der Waals surface area contributed by atoms with Crippen LogP contribution in [0, 0.1) is 0 Å². The smallest absolute Gasteiger partial charge is 0.743 e. The first-order chi connectivity index (χ1) is 12.7. The summed E-state index contributed by atoms with van der Waals surface area (Å²) in [5.74, 6) is -1.58. The minimum atomic E-state index is -4.96. The van der Waals surface area contributed by atoms with E-state index in [1.807, 2.05) is 5.38 Å². The monoisotopic (exact) mass is 454 g/mol. The zero-order valence-corrected chi connectivity index (χ0v) is 19.5. The maximum absolute atomic E-state index is 12.4. The molecule has 2 aliphatic rings. The normalized spacial score (nSPS) is 21.4. The molecule has 2 aliphatic heterocycles. The van der Waals surface area contributed by atoms with Crippen molar-refractivity contribution < 1.29 is 61.6 Å². The molecule has 0 aliphatic carbocycles. The summed E-state index contributed by atoms with van der Waals surface area (Å²) in [5, 5.41) is 3.05. The number of carbonyl (C=O) groups is 3. The van der Waals surface area contributed by atoms with Gasteiger partial charge in [0.15, 0.2) is 0 Å². The van der Waals surface area contributed by atoms with E-state index in [-0.39, 0.29) is 59.8 Å². The number of nitrogens with zero attached hydrogens (tertiary/aromatic N) is 1. The summed E-state index contributed by atoms with van der Waals surface area (Å²) in [6.07, 6.45) is 0.110. The van der Waals surface area contributed by atoms with Crippen LogP contribution in [0.15, 0.2) is 28.1 Å². The van der Waals surface area contributed by atoms with E-state index in [1.165, 1.54) is 23.1 Å². The average molecular weight is 454 g/mol. The summed E-state index contributed by atoms with van der Waals surface area (Å²) in [6, 6.07) is 2.69. The first-order valence-corrected chi connectivity index (χ1v) is 11.1. The number of fused-ring (bicyclic) bond motifs is 1. The van der Waals surface area contributed by atoms with Crippen molar-refractivity contribution in [3.63, 3.8) is 0 Å². The van der Waals surface area contributed by atoms with E-state index in [1.54, 1.807) is 12.1 Å². The number of rotatable bonds is 6. The average Bonchev–Trinajstić information content (AvgIpc) is 3.08. The molecule has 1 unspecified atom stereocenters. The van der Waals surface area contributed by atoms with Gasteiger partial charge >= 0.3 is 35.5 Å². The first-order valence-electron chi connectivity index (χ1n) is 7.76.